The average Bonchev–Trinajstić information content (AvgIpc) is 2.78. The van der Waals surface area contributed by atoms with Gasteiger partial charge in [0, 0.05) is 7.05 Å². The molecule has 22 heavy (non-hydrogen) atoms. The Morgan fingerprint density at radius 3 is 2.00 bits per heavy atom. The van der Waals surface area contributed by atoms with E-state index in [1.807, 2.05) is 0 Å². The molecule has 0 N–H and O–H groups in total. The Morgan fingerprint density at radius 2 is 1.45 bits per heavy atom. The Hall–Kier alpha value is -3.02. The van der Waals surface area contributed by atoms with E-state index in [9.17, 15) is 18.8 Å². The highest BCUT2D eigenvalue weighted by Crippen LogP contribution is 2.24. The third kappa shape index (κ3) is 1.96. The summed E-state index contributed by atoms with van der Waals surface area (Å²) < 4.78 is 13.7. The lowest BCUT2D eigenvalue weighted by atomic mass is 10.1. The van der Waals surface area contributed by atoms with Crippen LogP contribution in [0.2, 0.25) is 0 Å². The van der Waals surface area contributed by atoms with Crippen LogP contribution in [-0.2, 0) is 0 Å². The first kappa shape index (κ1) is 13.9. The molecule has 2 aromatic carbocycles. The number of fused-ring (bicyclic) bond motifs is 1. The van der Waals surface area contributed by atoms with Gasteiger partial charge in [0.15, 0.2) is 0 Å². The van der Waals surface area contributed by atoms with Gasteiger partial charge in [-0.3, -0.25) is 14.4 Å². The molecule has 0 fully saturated rings. The summed E-state index contributed by atoms with van der Waals surface area (Å²) >= 11 is 0. The zero-order valence-electron chi connectivity index (χ0n) is 11.6. The van der Waals surface area contributed by atoms with Crippen molar-refractivity contribution in [3.8, 4) is 0 Å². The molecule has 0 bridgehead atoms. The second-order valence-corrected chi connectivity index (χ2v) is 4.78. The molecule has 1 heterocycles. The minimum atomic E-state index is -0.771. The van der Waals surface area contributed by atoms with Crippen LogP contribution in [-0.4, -0.2) is 34.8 Å². The van der Waals surface area contributed by atoms with Crippen LogP contribution >= 0.6 is 0 Å². The van der Waals surface area contributed by atoms with Crippen LogP contribution in [0.1, 0.15) is 31.1 Å². The van der Waals surface area contributed by atoms with E-state index in [1.54, 1.807) is 12.1 Å². The summed E-state index contributed by atoms with van der Waals surface area (Å²) in [5.74, 6) is -2.69. The van der Waals surface area contributed by atoms with Crippen LogP contribution in [0.15, 0.2) is 48.5 Å². The maximum Gasteiger partial charge on any atom is 0.280 e. The van der Waals surface area contributed by atoms with Crippen molar-refractivity contribution in [1.29, 1.82) is 0 Å². The van der Waals surface area contributed by atoms with Crippen molar-refractivity contribution >= 4 is 17.7 Å². The van der Waals surface area contributed by atoms with Crippen molar-refractivity contribution in [2.24, 2.45) is 0 Å². The molecule has 0 radical (unpaired) electrons. The van der Waals surface area contributed by atoms with Crippen molar-refractivity contribution in [3.63, 3.8) is 0 Å². The molecule has 1 aliphatic rings. The van der Waals surface area contributed by atoms with E-state index in [1.165, 1.54) is 37.4 Å². The molecule has 2 aromatic rings. The summed E-state index contributed by atoms with van der Waals surface area (Å²) in [6.45, 7) is 0. The Bertz CT molecular complexity index is 768. The quantitative estimate of drug-likeness (QED) is 0.798. The normalized spacial score (nSPS) is 13.3. The average molecular weight is 298 g/mol. The van der Waals surface area contributed by atoms with Crippen LogP contribution in [0.5, 0.6) is 0 Å². The molecule has 0 spiro atoms. The van der Waals surface area contributed by atoms with Gasteiger partial charge in [-0.25, -0.2) is 9.40 Å². The minimum absolute atomic E-state index is 0.207. The largest absolute Gasteiger partial charge is 0.280 e. The molecule has 0 aromatic heterocycles. The van der Waals surface area contributed by atoms with Gasteiger partial charge < -0.3 is 0 Å². The van der Waals surface area contributed by atoms with E-state index in [2.05, 4.69) is 0 Å². The number of benzene rings is 2. The predicted molar refractivity (Wildman–Crippen MR) is 75.4 cm³/mol. The number of amides is 3. The highest BCUT2D eigenvalue weighted by molar-refractivity contribution is 6.22. The van der Waals surface area contributed by atoms with Gasteiger partial charge in [-0.1, -0.05) is 24.3 Å². The van der Waals surface area contributed by atoms with E-state index in [0.717, 1.165) is 16.1 Å². The minimum Gasteiger partial charge on any atom is -0.267 e. The van der Waals surface area contributed by atoms with E-state index in [0.29, 0.717) is 0 Å². The second kappa shape index (κ2) is 5.07. The van der Waals surface area contributed by atoms with Crippen molar-refractivity contribution in [3.05, 3.63) is 71.0 Å². The van der Waals surface area contributed by atoms with Crippen LogP contribution in [0.4, 0.5) is 4.39 Å². The second-order valence-electron chi connectivity index (χ2n) is 4.78. The molecule has 1 aliphatic heterocycles. The molecular weight excluding hydrogens is 287 g/mol. The number of hydrogen-bond acceptors (Lipinski definition) is 3. The molecule has 3 rings (SSSR count). The highest BCUT2D eigenvalue weighted by Gasteiger charge is 2.40. The summed E-state index contributed by atoms with van der Waals surface area (Å²) in [7, 11) is 1.26. The lowest BCUT2D eigenvalue weighted by Gasteiger charge is -2.26. The van der Waals surface area contributed by atoms with E-state index >= 15 is 0 Å². The van der Waals surface area contributed by atoms with Crippen LogP contribution < -0.4 is 0 Å². The monoisotopic (exact) mass is 298 g/mol. The van der Waals surface area contributed by atoms with Gasteiger partial charge in [0.1, 0.15) is 5.82 Å². The predicted octanol–water partition coefficient (Wildman–Crippen LogP) is 2.11. The molecule has 0 aliphatic carbocycles. The molecule has 0 saturated heterocycles. The van der Waals surface area contributed by atoms with Gasteiger partial charge in [-0.2, -0.15) is 5.01 Å². The molecule has 3 amide bonds. The molecule has 110 valence electrons. The van der Waals surface area contributed by atoms with Crippen LogP contribution in [0, 0.1) is 5.82 Å². The molecule has 0 unspecified atom stereocenters. The molecule has 0 atom stereocenters. The summed E-state index contributed by atoms with van der Waals surface area (Å²) in [6.07, 6.45) is 0. The number of carbonyl (C=O) groups excluding carboxylic acids is 3. The molecule has 5 nitrogen and oxygen atoms in total. The standard InChI is InChI=1S/C16H11FN2O3/c1-18(14(20)12-8-4-5-9-13(12)17)19-15(21)10-6-2-3-7-11(10)16(19)22/h2-9H,1H3. The number of imide groups is 1. The SMILES string of the molecule is CN(C(=O)c1ccccc1F)N1C(=O)c2ccccc2C1=O. The van der Waals surface area contributed by atoms with Gasteiger partial charge >= 0.3 is 0 Å². The lowest BCUT2D eigenvalue weighted by molar-refractivity contribution is 0.0125. The van der Waals surface area contributed by atoms with Crippen molar-refractivity contribution in [1.82, 2.24) is 10.0 Å². The van der Waals surface area contributed by atoms with Gasteiger partial charge in [-0.05, 0) is 24.3 Å². The van der Waals surface area contributed by atoms with E-state index in [4.69, 9.17) is 0 Å². The summed E-state index contributed by atoms with van der Waals surface area (Å²) in [6, 6.07) is 11.7. The Morgan fingerprint density at radius 1 is 0.955 bits per heavy atom. The number of hydrogen-bond donors (Lipinski definition) is 0. The Balaban J connectivity index is 1.96. The van der Waals surface area contributed by atoms with Gasteiger partial charge in [0.05, 0.1) is 16.7 Å². The lowest BCUT2D eigenvalue weighted by Crippen LogP contribution is -2.47. The van der Waals surface area contributed by atoms with Gasteiger partial charge in [-0.15, -0.1) is 0 Å². The zero-order chi connectivity index (χ0) is 15.9. The van der Waals surface area contributed by atoms with Crippen LogP contribution in [0.25, 0.3) is 0 Å². The fraction of sp³-hybridized carbons (Fsp3) is 0.0625. The molecule has 0 saturated carbocycles. The molecule has 6 heteroatoms. The smallest absolute Gasteiger partial charge is 0.267 e. The van der Waals surface area contributed by atoms with Gasteiger partial charge in [0.2, 0.25) is 0 Å². The topological polar surface area (TPSA) is 57.7 Å². The summed E-state index contributed by atoms with van der Waals surface area (Å²) in [4.78, 5) is 36.9. The fourth-order valence-corrected chi connectivity index (χ4v) is 2.35. The first-order valence-corrected chi connectivity index (χ1v) is 6.52. The number of rotatable bonds is 2. The zero-order valence-corrected chi connectivity index (χ0v) is 11.6. The third-order valence-corrected chi connectivity index (χ3v) is 3.47. The Kier molecular flexibility index (Phi) is 3.21. The number of hydrazine groups is 1. The number of carbonyl (C=O) groups is 3. The summed E-state index contributed by atoms with van der Waals surface area (Å²) in [5.41, 5.74) is 0.239. The maximum atomic E-state index is 13.7. The number of halogens is 1. The third-order valence-electron chi connectivity index (χ3n) is 3.47. The van der Waals surface area contributed by atoms with E-state index in [-0.39, 0.29) is 16.7 Å². The van der Waals surface area contributed by atoms with Crippen molar-refractivity contribution in [2.75, 3.05) is 7.05 Å². The Labute approximate surface area is 125 Å². The first-order chi connectivity index (χ1) is 10.5. The van der Waals surface area contributed by atoms with Gasteiger partial charge in [0.25, 0.3) is 17.7 Å². The fourth-order valence-electron chi connectivity index (χ4n) is 2.35. The van der Waals surface area contributed by atoms with Crippen molar-refractivity contribution < 1.29 is 18.8 Å². The number of nitrogens with zero attached hydrogens (tertiary/aromatic N) is 2. The molecular formula is C16H11FN2O3. The highest BCUT2D eigenvalue weighted by atomic mass is 19.1. The summed E-state index contributed by atoms with van der Waals surface area (Å²) in [5, 5.41) is 1.56. The van der Waals surface area contributed by atoms with Crippen molar-refractivity contribution in [2.45, 2.75) is 0 Å². The van der Waals surface area contributed by atoms with E-state index < -0.39 is 23.5 Å². The first-order valence-electron chi connectivity index (χ1n) is 6.52. The van der Waals surface area contributed by atoms with Crippen LogP contribution in [0.3, 0.4) is 0 Å². The maximum absolute atomic E-state index is 13.7.